The van der Waals surface area contributed by atoms with Gasteiger partial charge in [0, 0.05) is 72.7 Å². The molecule has 13 heteroatoms. The van der Waals surface area contributed by atoms with Crippen molar-refractivity contribution in [3.63, 3.8) is 0 Å². The van der Waals surface area contributed by atoms with Crippen molar-refractivity contribution in [2.75, 3.05) is 51.8 Å². The number of thiazole rings is 1. The second-order valence-electron chi connectivity index (χ2n) is 14.9. The zero-order chi connectivity index (χ0) is 41.4. The maximum Gasteiger partial charge on any atom is 0.336 e. The number of nitrogens with zero attached hydrogens (tertiary/aromatic N) is 4. The highest BCUT2D eigenvalue weighted by atomic mass is 35.5. The van der Waals surface area contributed by atoms with Crippen LogP contribution in [-0.4, -0.2) is 91.2 Å². The lowest BCUT2D eigenvalue weighted by Crippen LogP contribution is -2.56. The smallest absolute Gasteiger partial charge is 0.336 e. The van der Waals surface area contributed by atoms with Gasteiger partial charge < -0.3 is 20.1 Å². The van der Waals surface area contributed by atoms with E-state index < -0.39 is 29.1 Å². The number of allylic oxidation sites excluding steroid dienone is 1. The van der Waals surface area contributed by atoms with Gasteiger partial charge in [-0.15, -0.1) is 11.3 Å². The molecular weight excluding hydrogens is 765 g/mol. The number of piperazine rings is 1. The van der Waals surface area contributed by atoms with E-state index in [9.17, 15) is 23.9 Å². The summed E-state index contributed by atoms with van der Waals surface area (Å²) in [6, 6.07) is 19.4. The van der Waals surface area contributed by atoms with Gasteiger partial charge in [-0.05, 0) is 86.3 Å². The molecule has 2 N–H and O–H groups in total. The second kappa shape index (κ2) is 19.0. The summed E-state index contributed by atoms with van der Waals surface area (Å²) in [4.78, 5) is 48.9. The standard InChI is InChI=1S/C44H51ClFN5O5S/c1-8-28(2)40(41-47-19-22-57-41)48-38(39(42(53)56-7)29(3)36-18-15-33(46)23-37(36)45)26-50-21-20-49(6)35(24-50)25-51(27-52)34-16-11-31(12-17-34)30-9-13-32(14-10-30)44(4,5)43(54)55/h9-19,22-23,27,29,35,48H,8,20-21,24-26H2,1-7H3,(H,54,55)/b39-38+,40-28-/t29-,35?/m0/s1. The average Bonchev–Trinajstić information content (AvgIpc) is 3.74. The van der Waals surface area contributed by atoms with Gasteiger partial charge in [0.2, 0.25) is 6.41 Å². The van der Waals surface area contributed by atoms with Gasteiger partial charge in [-0.3, -0.25) is 19.4 Å². The summed E-state index contributed by atoms with van der Waals surface area (Å²) in [5.74, 6) is -2.44. The summed E-state index contributed by atoms with van der Waals surface area (Å²) in [7, 11) is 3.39. The molecule has 0 spiro atoms. The van der Waals surface area contributed by atoms with Gasteiger partial charge in [0.05, 0.1) is 23.8 Å². The highest BCUT2D eigenvalue weighted by molar-refractivity contribution is 7.10. The molecule has 57 heavy (non-hydrogen) atoms. The second-order valence-corrected chi connectivity index (χ2v) is 16.2. The van der Waals surface area contributed by atoms with E-state index in [4.69, 9.17) is 16.3 Å². The van der Waals surface area contributed by atoms with Crippen LogP contribution in [0.3, 0.4) is 0 Å². The topological polar surface area (TPSA) is 115 Å². The fourth-order valence-corrected chi connectivity index (χ4v) is 7.99. The molecule has 0 aliphatic carbocycles. The van der Waals surface area contributed by atoms with Gasteiger partial charge >= 0.3 is 11.9 Å². The zero-order valence-corrected chi connectivity index (χ0v) is 35.1. The van der Waals surface area contributed by atoms with Crippen LogP contribution in [0.25, 0.3) is 16.8 Å². The summed E-state index contributed by atoms with van der Waals surface area (Å²) < 4.78 is 19.5. The van der Waals surface area contributed by atoms with Crippen LogP contribution >= 0.6 is 22.9 Å². The largest absolute Gasteiger partial charge is 0.481 e. The molecule has 1 aliphatic rings. The third-order valence-corrected chi connectivity index (χ3v) is 12.0. The molecule has 1 saturated heterocycles. The number of halogens is 2. The number of hydrogen-bond donors (Lipinski definition) is 2. The summed E-state index contributed by atoms with van der Waals surface area (Å²) >= 11 is 8.07. The number of anilines is 1. The number of aromatic nitrogens is 1. The summed E-state index contributed by atoms with van der Waals surface area (Å²) in [6.45, 7) is 12.1. The number of ether oxygens (including phenoxy) is 1. The first kappa shape index (κ1) is 43.2. The third-order valence-electron chi connectivity index (χ3n) is 10.9. The number of carboxylic acids is 1. The minimum absolute atomic E-state index is 0.0492. The fourth-order valence-electron chi connectivity index (χ4n) is 6.95. The Morgan fingerprint density at radius 1 is 1.12 bits per heavy atom. The van der Waals surface area contributed by atoms with Crippen molar-refractivity contribution in [1.29, 1.82) is 0 Å². The van der Waals surface area contributed by atoms with Crippen LogP contribution in [-0.2, 0) is 24.5 Å². The Bertz CT molecular complexity index is 2100. The number of carbonyl (C=O) groups excluding carboxylic acids is 2. The number of amides is 1. The summed E-state index contributed by atoms with van der Waals surface area (Å²) in [6.07, 6.45) is 3.34. The van der Waals surface area contributed by atoms with Crippen LogP contribution in [0.2, 0.25) is 5.02 Å². The lowest BCUT2D eigenvalue weighted by atomic mass is 9.84. The Labute approximate surface area is 343 Å². The van der Waals surface area contributed by atoms with Crippen molar-refractivity contribution >= 4 is 52.7 Å². The first-order valence-electron chi connectivity index (χ1n) is 18.9. The van der Waals surface area contributed by atoms with E-state index >= 15 is 0 Å². The molecule has 2 heterocycles. The molecule has 2 atom stereocenters. The van der Waals surface area contributed by atoms with Crippen LogP contribution in [0.5, 0.6) is 0 Å². The molecular formula is C44H51ClFN5O5S. The van der Waals surface area contributed by atoms with Crippen molar-refractivity contribution in [3.8, 4) is 11.1 Å². The fraction of sp³-hybridized carbons (Fsp3) is 0.364. The van der Waals surface area contributed by atoms with Gasteiger partial charge in [-0.25, -0.2) is 14.2 Å². The van der Waals surface area contributed by atoms with Crippen LogP contribution in [0, 0.1) is 5.82 Å². The molecule has 0 radical (unpaired) electrons. The average molecular weight is 816 g/mol. The highest BCUT2D eigenvalue weighted by Gasteiger charge is 2.32. The summed E-state index contributed by atoms with van der Waals surface area (Å²) in [5, 5.41) is 16.1. The Morgan fingerprint density at radius 2 is 1.79 bits per heavy atom. The Hall–Kier alpha value is -4.88. The van der Waals surface area contributed by atoms with Crippen LogP contribution in [0.1, 0.15) is 63.1 Å². The SMILES string of the molecule is CC/C(C)=C(\N/C(CN1CCN(C)C(CN(C=O)c2ccc(-c3ccc(C(C)(C)C(=O)O)cc3)cc2)C1)=C(/C(=O)OC)[C@@H](C)c1ccc(F)cc1Cl)c1nccs1. The molecule has 0 bridgehead atoms. The van der Waals surface area contributed by atoms with E-state index in [1.807, 2.05) is 74.8 Å². The molecule has 3 aromatic carbocycles. The molecule has 1 aromatic heterocycles. The Morgan fingerprint density at radius 3 is 2.35 bits per heavy atom. The van der Waals surface area contributed by atoms with Crippen molar-refractivity contribution in [2.24, 2.45) is 0 Å². The number of hydrogen-bond acceptors (Lipinski definition) is 9. The first-order valence-corrected chi connectivity index (χ1v) is 20.2. The minimum Gasteiger partial charge on any atom is -0.481 e. The monoisotopic (exact) mass is 815 g/mol. The number of rotatable bonds is 16. The minimum atomic E-state index is -1.00. The number of carboxylic acid groups (broad SMARTS) is 1. The maximum atomic E-state index is 14.1. The Kier molecular flexibility index (Phi) is 14.4. The van der Waals surface area contributed by atoms with Gasteiger partial charge in [0.1, 0.15) is 10.8 Å². The van der Waals surface area contributed by atoms with Crippen molar-refractivity contribution in [2.45, 2.75) is 58.4 Å². The van der Waals surface area contributed by atoms with Gasteiger partial charge in [-0.1, -0.05) is 67.9 Å². The number of benzene rings is 3. The predicted molar refractivity (Wildman–Crippen MR) is 226 cm³/mol. The number of methoxy groups -OCH3 is 1. The number of likely N-dealkylation sites (N-methyl/N-ethyl adjacent to an activating group) is 1. The van der Waals surface area contributed by atoms with E-state index in [1.54, 1.807) is 31.0 Å². The molecule has 1 aliphatic heterocycles. The van der Waals surface area contributed by atoms with E-state index in [0.29, 0.717) is 55.1 Å². The lowest BCUT2D eigenvalue weighted by Gasteiger charge is -2.41. The molecule has 4 aromatic rings. The van der Waals surface area contributed by atoms with Crippen molar-refractivity contribution in [3.05, 3.63) is 122 Å². The van der Waals surface area contributed by atoms with E-state index in [0.717, 1.165) is 45.9 Å². The Balaban J connectivity index is 1.42. The van der Waals surface area contributed by atoms with Crippen LogP contribution in [0.4, 0.5) is 10.1 Å². The number of nitrogens with one attached hydrogen (secondary N) is 1. The zero-order valence-electron chi connectivity index (χ0n) is 33.5. The molecule has 1 unspecified atom stereocenters. The number of aliphatic carboxylic acids is 1. The quantitative estimate of drug-likeness (QED) is 0.0657. The van der Waals surface area contributed by atoms with E-state index in [-0.39, 0.29) is 11.1 Å². The highest BCUT2D eigenvalue weighted by Crippen LogP contribution is 2.35. The molecule has 1 amide bonds. The molecule has 0 saturated carbocycles. The molecule has 302 valence electrons. The predicted octanol–water partition coefficient (Wildman–Crippen LogP) is 8.21. The number of carbonyl (C=O) groups is 3. The van der Waals surface area contributed by atoms with E-state index in [1.165, 1.54) is 30.6 Å². The number of esters is 1. The van der Waals surface area contributed by atoms with Gasteiger partial charge in [0.25, 0.3) is 0 Å². The van der Waals surface area contributed by atoms with Crippen LogP contribution in [0.15, 0.2) is 95.2 Å². The normalized spacial score (nSPS) is 16.6. The van der Waals surface area contributed by atoms with Gasteiger partial charge in [0.15, 0.2) is 0 Å². The van der Waals surface area contributed by atoms with Crippen LogP contribution < -0.4 is 10.2 Å². The lowest BCUT2D eigenvalue weighted by molar-refractivity contribution is -0.142. The maximum absolute atomic E-state index is 14.1. The molecule has 1 fully saturated rings. The first-order chi connectivity index (χ1) is 27.2. The van der Waals surface area contributed by atoms with Crippen molar-refractivity contribution < 1.29 is 28.6 Å². The third kappa shape index (κ3) is 10.2. The van der Waals surface area contributed by atoms with Gasteiger partial charge in [-0.2, -0.15) is 0 Å². The molecule has 10 nitrogen and oxygen atoms in total. The van der Waals surface area contributed by atoms with E-state index in [2.05, 4.69) is 27.0 Å². The van der Waals surface area contributed by atoms with Crippen molar-refractivity contribution in [1.82, 2.24) is 20.1 Å². The summed E-state index contributed by atoms with van der Waals surface area (Å²) in [5.41, 5.74) is 5.79. The molecule has 5 rings (SSSR count).